The lowest BCUT2D eigenvalue weighted by molar-refractivity contribution is 0.305. The molecule has 0 saturated carbocycles. The van der Waals surface area contributed by atoms with Crippen molar-refractivity contribution in [3.8, 4) is 16.9 Å². The molecule has 4 aromatic rings. The Bertz CT molecular complexity index is 1110. The molecule has 0 aliphatic rings. The predicted molar refractivity (Wildman–Crippen MR) is 103 cm³/mol. The summed E-state index contributed by atoms with van der Waals surface area (Å²) in [6.07, 6.45) is 0. The minimum Gasteiger partial charge on any atom is -0.489 e. The van der Waals surface area contributed by atoms with Crippen LogP contribution in [-0.4, -0.2) is 0 Å². The number of hydrogen-bond donors (Lipinski definition) is 0. The molecule has 0 amide bonds. The van der Waals surface area contributed by atoms with Crippen molar-refractivity contribution in [3.63, 3.8) is 0 Å². The molecule has 0 saturated heterocycles. The molecule has 26 heavy (non-hydrogen) atoms. The summed E-state index contributed by atoms with van der Waals surface area (Å²) in [6.45, 7) is 2.54. The number of fused-ring (bicyclic) bond motifs is 1. The first kappa shape index (κ1) is 16.2. The van der Waals surface area contributed by atoms with Crippen LogP contribution < -0.4 is 10.4 Å². The highest BCUT2D eigenvalue weighted by Gasteiger charge is 2.08. The number of ether oxygens (including phenoxy) is 1. The van der Waals surface area contributed by atoms with Crippen LogP contribution in [0, 0.1) is 6.92 Å². The van der Waals surface area contributed by atoms with Gasteiger partial charge in [-0.25, -0.2) is 4.79 Å². The van der Waals surface area contributed by atoms with Crippen LogP contribution >= 0.6 is 0 Å². The number of rotatable bonds is 4. The quantitative estimate of drug-likeness (QED) is 0.470. The van der Waals surface area contributed by atoms with E-state index in [1.807, 2.05) is 66.7 Å². The summed E-state index contributed by atoms with van der Waals surface area (Å²) in [5.41, 5.74) is 3.91. The van der Waals surface area contributed by atoms with Crippen LogP contribution in [0.5, 0.6) is 5.75 Å². The summed E-state index contributed by atoms with van der Waals surface area (Å²) in [5.74, 6) is 0.677. The average Bonchev–Trinajstić information content (AvgIpc) is 2.67. The highest BCUT2D eigenvalue weighted by molar-refractivity contribution is 5.82. The molecule has 0 fully saturated rings. The van der Waals surface area contributed by atoms with Gasteiger partial charge >= 0.3 is 5.63 Å². The van der Waals surface area contributed by atoms with Crippen molar-refractivity contribution in [2.45, 2.75) is 13.5 Å². The third-order valence-corrected chi connectivity index (χ3v) is 4.45. The maximum Gasteiger partial charge on any atom is 0.344 e. The van der Waals surface area contributed by atoms with Crippen molar-refractivity contribution in [1.82, 2.24) is 0 Å². The normalized spacial score (nSPS) is 10.8. The predicted octanol–water partition coefficient (Wildman–Crippen LogP) is 5.35. The molecule has 0 atom stereocenters. The van der Waals surface area contributed by atoms with Crippen molar-refractivity contribution in [2.24, 2.45) is 0 Å². The fourth-order valence-corrected chi connectivity index (χ4v) is 2.93. The second-order valence-electron chi connectivity index (χ2n) is 6.23. The minimum atomic E-state index is -0.347. The Kier molecular flexibility index (Phi) is 4.28. The molecule has 3 heteroatoms. The Morgan fingerprint density at radius 2 is 1.65 bits per heavy atom. The second kappa shape index (κ2) is 6.89. The van der Waals surface area contributed by atoms with Crippen molar-refractivity contribution >= 4 is 11.0 Å². The zero-order valence-corrected chi connectivity index (χ0v) is 14.4. The number of aryl methyl sites for hydroxylation is 1. The topological polar surface area (TPSA) is 39.4 Å². The standard InChI is InChI=1S/C23H18O3/c1-16-7-5-6-10-19(16)15-25-20-12-11-18-13-21(17-8-3-2-4-9-17)23(24)26-22(18)14-20/h2-14H,15H2,1H3. The monoisotopic (exact) mass is 342 g/mol. The lowest BCUT2D eigenvalue weighted by Gasteiger charge is -2.09. The van der Waals surface area contributed by atoms with Crippen LogP contribution in [0.1, 0.15) is 11.1 Å². The number of hydrogen-bond acceptors (Lipinski definition) is 3. The maximum atomic E-state index is 12.4. The van der Waals surface area contributed by atoms with Gasteiger partial charge in [-0.2, -0.15) is 0 Å². The van der Waals surface area contributed by atoms with Crippen LogP contribution in [0.4, 0.5) is 0 Å². The molecule has 3 nitrogen and oxygen atoms in total. The third-order valence-electron chi connectivity index (χ3n) is 4.45. The lowest BCUT2D eigenvalue weighted by atomic mass is 10.1. The first-order valence-electron chi connectivity index (χ1n) is 8.51. The van der Waals surface area contributed by atoms with Crippen LogP contribution in [-0.2, 0) is 6.61 Å². The van der Waals surface area contributed by atoms with E-state index >= 15 is 0 Å². The Hall–Kier alpha value is -3.33. The molecule has 0 spiro atoms. The molecule has 128 valence electrons. The van der Waals surface area contributed by atoms with E-state index in [9.17, 15) is 4.79 Å². The second-order valence-corrected chi connectivity index (χ2v) is 6.23. The van der Waals surface area contributed by atoms with Gasteiger partial charge in [0.2, 0.25) is 0 Å². The molecule has 0 radical (unpaired) electrons. The molecule has 4 rings (SSSR count). The van der Waals surface area contributed by atoms with Crippen molar-refractivity contribution in [2.75, 3.05) is 0 Å². The van der Waals surface area contributed by atoms with Gasteiger partial charge in [0, 0.05) is 11.5 Å². The van der Waals surface area contributed by atoms with E-state index < -0.39 is 0 Å². The summed E-state index contributed by atoms with van der Waals surface area (Å²) in [5, 5.41) is 0.867. The van der Waals surface area contributed by atoms with Gasteiger partial charge in [0.1, 0.15) is 17.9 Å². The van der Waals surface area contributed by atoms with E-state index in [1.54, 1.807) is 6.07 Å². The Labute approximate surface area is 151 Å². The van der Waals surface area contributed by atoms with E-state index in [2.05, 4.69) is 13.0 Å². The van der Waals surface area contributed by atoms with Crippen LogP contribution in [0.2, 0.25) is 0 Å². The average molecular weight is 342 g/mol. The lowest BCUT2D eigenvalue weighted by Crippen LogP contribution is -2.03. The molecule has 1 heterocycles. The summed E-state index contributed by atoms with van der Waals surface area (Å²) in [6, 6.07) is 25.1. The Morgan fingerprint density at radius 1 is 0.885 bits per heavy atom. The molecular weight excluding hydrogens is 324 g/mol. The van der Waals surface area contributed by atoms with Gasteiger partial charge in [-0.1, -0.05) is 54.6 Å². The highest BCUT2D eigenvalue weighted by Crippen LogP contribution is 2.25. The molecule has 1 aromatic heterocycles. The molecule has 0 aliphatic carbocycles. The van der Waals surface area contributed by atoms with Gasteiger partial charge in [-0.05, 0) is 41.8 Å². The summed E-state index contributed by atoms with van der Waals surface area (Å²) in [7, 11) is 0. The molecular formula is C23H18O3. The third kappa shape index (κ3) is 3.24. The van der Waals surface area contributed by atoms with Gasteiger partial charge in [0.05, 0.1) is 5.56 Å². The first-order chi connectivity index (χ1) is 12.7. The Balaban J connectivity index is 1.64. The molecule has 0 bridgehead atoms. The van der Waals surface area contributed by atoms with Crippen molar-refractivity contribution < 1.29 is 9.15 Å². The number of benzene rings is 3. The molecule has 0 unspecified atom stereocenters. The largest absolute Gasteiger partial charge is 0.489 e. The summed E-state index contributed by atoms with van der Waals surface area (Å²) >= 11 is 0. The fourth-order valence-electron chi connectivity index (χ4n) is 2.93. The fraction of sp³-hybridized carbons (Fsp3) is 0.0870. The summed E-state index contributed by atoms with van der Waals surface area (Å²) < 4.78 is 11.4. The first-order valence-corrected chi connectivity index (χ1v) is 8.51. The van der Waals surface area contributed by atoms with E-state index in [0.29, 0.717) is 23.5 Å². The molecule has 0 N–H and O–H groups in total. The Morgan fingerprint density at radius 3 is 2.46 bits per heavy atom. The van der Waals surface area contributed by atoms with Crippen molar-refractivity contribution in [3.05, 3.63) is 100 Å². The van der Waals surface area contributed by atoms with E-state index in [4.69, 9.17) is 9.15 Å². The van der Waals surface area contributed by atoms with Gasteiger partial charge < -0.3 is 9.15 Å². The molecule has 3 aromatic carbocycles. The van der Waals surface area contributed by atoms with Crippen molar-refractivity contribution in [1.29, 1.82) is 0 Å². The minimum absolute atomic E-state index is 0.347. The molecule has 0 aliphatic heterocycles. The van der Waals surface area contributed by atoms with Gasteiger partial charge in [0.25, 0.3) is 0 Å². The van der Waals surface area contributed by atoms with Crippen LogP contribution in [0.25, 0.3) is 22.1 Å². The maximum absolute atomic E-state index is 12.4. The van der Waals surface area contributed by atoms with E-state index in [-0.39, 0.29) is 5.63 Å². The van der Waals surface area contributed by atoms with Gasteiger partial charge in [-0.15, -0.1) is 0 Å². The SMILES string of the molecule is Cc1ccccc1COc1ccc2cc(-c3ccccc3)c(=O)oc2c1. The highest BCUT2D eigenvalue weighted by atomic mass is 16.5. The zero-order chi connectivity index (χ0) is 17.9. The van der Waals surface area contributed by atoms with Crippen LogP contribution in [0.3, 0.4) is 0 Å². The van der Waals surface area contributed by atoms with E-state index in [1.165, 1.54) is 5.56 Å². The summed E-state index contributed by atoms with van der Waals surface area (Å²) in [4.78, 5) is 12.4. The van der Waals surface area contributed by atoms with E-state index in [0.717, 1.165) is 16.5 Å². The smallest absolute Gasteiger partial charge is 0.344 e. The van der Waals surface area contributed by atoms with Gasteiger partial charge in [0.15, 0.2) is 0 Å². The van der Waals surface area contributed by atoms with Crippen LogP contribution in [0.15, 0.2) is 88.1 Å². The van der Waals surface area contributed by atoms with Gasteiger partial charge in [-0.3, -0.25) is 0 Å². The zero-order valence-electron chi connectivity index (χ0n) is 14.4.